The van der Waals surface area contributed by atoms with E-state index < -0.39 is 17.9 Å². The number of pyridine rings is 2. The van der Waals surface area contributed by atoms with Gasteiger partial charge in [-0.1, -0.05) is 71.7 Å². The molecule has 1 aliphatic rings. The zero-order valence-corrected chi connectivity index (χ0v) is 28.9. The molecule has 2 aromatic heterocycles. The average Bonchev–Trinajstić information content (AvgIpc) is 3.09. The second-order valence-electron chi connectivity index (χ2n) is 13.1. The van der Waals surface area contributed by atoms with Gasteiger partial charge in [0, 0.05) is 53.7 Å². The number of carbonyl (C=O) groups excluding carboxylic acids is 1. The van der Waals surface area contributed by atoms with E-state index in [-0.39, 0.29) is 6.10 Å². The molecular formula is C40H35Cl2N3O4. The van der Waals surface area contributed by atoms with E-state index in [4.69, 9.17) is 37.4 Å². The first-order chi connectivity index (χ1) is 23.6. The number of amides is 1. The van der Waals surface area contributed by atoms with Gasteiger partial charge >= 0.3 is 6.09 Å². The topological polar surface area (TPSA) is 73.8 Å². The van der Waals surface area contributed by atoms with Crippen molar-refractivity contribution in [3.8, 4) is 33.8 Å². The van der Waals surface area contributed by atoms with Crippen molar-refractivity contribution in [1.29, 1.82) is 0 Å². The lowest BCUT2D eigenvalue weighted by atomic mass is 10.0. The predicted octanol–water partition coefficient (Wildman–Crippen LogP) is 10.6. The summed E-state index contributed by atoms with van der Waals surface area (Å²) in [5.41, 5.74) is 4.94. The number of halogens is 2. The molecule has 7 rings (SSSR count). The summed E-state index contributed by atoms with van der Waals surface area (Å²) in [4.78, 5) is 24.1. The maximum absolute atomic E-state index is 13.3. The predicted molar refractivity (Wildman–Crippen MR) is 195 cm³/mol. The Hall–Kier alpha value is -4.85. The highest BCUT2D eigenvalue weighted by molar-refractivity contribution is 6.32. The zero-order valence-electron chi connectivity index (χ0n) is 27.4. The number of piperidine rings is 1. The fourth-order valence-corrected chi connectivity index (χ4v) is 6.43. The molecule has 0 bridgehead atoms. The van der Waals surface area contributed by atoms with Crippen molar-refractivity contribution in [2.75, 3.05) is 6.54 Å². The van der Waals surface area contributed by atoms with Crippen LogP contribution in [0.1, 0.15) is 33.6 Å². The second-order valence-corrected chi connectivity index (χ2v) is 13.9. The molecule has 4 aromatic carbocycles. The van der Waals surface area contributed by atoms with Crippen molar-refractivity contribution in [2.45, 2.75) is 51.5 Å². The van der Waals surface area contributed by atoms with Crippen LogP contribution in [0.3, 0.4) is 0 Å². The lowest BCUT2D eigenvalue weighted by Crippen LogP contribution is -2.52. The molecule has 1 saturated heterocycles. The maximum atomic E-state index is 13.3. The lowest BCUT2D eigenvalue weighted by molar-refractivity contribution is -0.0568. The fraction of sp³-hybridized carbons (Fsp3) is 0.225. The molecule has 7 nitrogen and oxygen atoms in total. The van der Waals surface area contributed by atoms with Crippen LogP contribution in [0.2, 0.25) is 10.0 Å². The van der Waals surface area contributed by atoms with Gasteiger partial charge < -0.3 is 14.2 Å². The molecule has 1 fully saturated rings. The molecule has 1 amide bonds. The van der Waals surface area contributed by atoms with Gasteiger partial charge in [-0.05, 0) is 80.4 Å². The van der Waals surface area contributed by atoms with E-state index in [1.807, 2.05) is 118 Å². The molecule has 6 aromatic rings. The normalized spacial score (nSPS) is 16.5. The van der Waals surface area contributed by atoms with Crippen LogP contribution in [-0.4, -0.2) is 45.4 Å². The minimum atomic E-state index is -0.694. The Morgan fingerprint density at radius 2 is 1.24 bits per heavy atom. The van der Waals surface area contributed by atoms with Gasteiger partial charge in [0.15, 0.2) is 6.23 Å². The van der Waals surface area contributed by atoms with Crippen LogP contribution in [0.25, 0.3) is 44.1 Å². The number of carbonyl (C=O) groups is 1. The first-order valence-corrected chi connectivity index (χ1v) is 17.0. The molecule has 0 aliphatic carbocycles. The van der Waals surface area contributed by atoms with Gasteiger partial charge in [0.1, 0.15) is 23.2 Å². The largest absolute Gasteiger partial charge is 0.489 e. The van der Waals surface area contributed by atoms with Gasteiger partial charge in [-0.3, -0.25) is 14.9 Å². The molecule has 2 unspecified atom stereocenters. The van der Waals surface area contributed by atoms with E-state index in [0.29, 0.717) is 40.9 Å². The Morgan fingerprint density at radius 1 is 0.714 bits per heavy atom. The van der Waals surface area contributed by atoms with Crippen LogP contribution in [0, 0.1) is 0 Å². The van der Waals surface area contributed by atoms with Crippen LogP contribution >= 0.6 is 23.2 Å². The van der Waals surface area contributed by atoms with Crippen LogP contribution in [0.15, 0.2) is 109 Å². The van der Waals surface area contributed by atoms with Crippen molar-refractivity contribution in [1.82, 2.24) is 14.9 Å². The van der Waals surface area contributed by atoms with E-state index >= 15 is 0 Å². The van der Waals surface area contributed by atoms with Crippen LogP contribution in [0.4, 0.5) is 4.79 Å². The van der Waals surface area contributed by atoms with Crippen molar-refractivity contribution in [3.63, 3.8) is 0 Å². The Labute approximate surface area is 295 Å². The van der Waals surface area contributed by atoms with Gasteiger partial charge in [0.2, 0.25) is 0 Å². The molecule has 0 N–H and O–H groups in total. The summed E-state index contributed by atoms with van der Waals surface area (Å²) in [6.07, 6.45) is 3.18. The monoisotopic (exact) mass is 691 g/mol. The van der Waals surface area contributed by atoms with Gasteiger partial charge in [-0.15, -0.1) is 0 Å². The van der Waals surface area contributed by atoms with Gasteiger partial charge in [0.05, 0.1) is 21.1 Å². The number of benzene rings is 4. The Balaban J connectivity index is 1.10. The molecule has 1 aliphatic heterocycles. The Bertz CT molecular complexity index is 2170. The smallest absolute Gasteiger partial charge is 0.413 e. The second kappa shape index (κ2) is 13.6. The van der Waals surface area contributed by atoms with E-state index in [2.05, 4.69) is 22.1 Å². The molecule has 3 heterocycles. The summed E-state index contributed by atoms with van der Waals surface area (Å²) in [5, 5.41) is 3.00. The maximum Gasteiger partial charge on any atom is 0.413 e. The minimum absolute atomic E-state index is 0.281. The number of ether oxygens (including phenoxy) is 3. The van der Waals surface area contributed by atoms with Gasteiger partial charge in [0.25, 0.3) is 0 Å². The average molecular weight is 693 g/mol. The first-order valence-electron chi connectivity index (χ1n) is 16.2. The van der Waals surface area contributed by atoms with Gasteiger partial charge in [-0.25, -0.2) is 4.79 Å². The zero-order chi connectivity index (χ0) is 34.1. The number of rotatable bonds is 6. The highest BCUT2D eigenvalue weighted by atomic mass is 35.5. The third-order valence-corrected chi connectivity index (χ3v) is 8.99. The van der Waals surface area contributed by atoms with E-state index in [9.17, 15) is 4.79 Å². The number of hydrogen-bond acceptors (Lipinski definition) is 6. The molecule has 2 atom stereocenters. The van der Waals surface area contributed by atoms with E-state index in [1.165, 1.54) is 0 Å². The molecule has 9 heteroatoms. The molecule has 0 radical (unpaired) electrons. The van der Waals surface area contributed by atoms with E-state index in [1.54, 1.807) is 4.90 Å². The molecule has 248 valence electrons. The number of likely N-dealkylation sites (tertiary alicyclic amines) is 1. The summed E-state index contributed by atoms with van der Waals surface area (Å²) in [6, 6.07) is 31.5. The first kappa shape index (κ1) is 32.7. The van der Waals surface area contributed by atoms with E-state index in [0.717, 1.165) is 44.1 Å². The van der Waals surface area contributed by atoms with Crippen molar-refractivity contribution < 1.29 is 19.0 Å². The summed E-state index contributed by atoms with van der Waals surface area (Å²) in [7, 11) is 0. The summed E-state index contributed by atoms with van der Waals surface area (Å²) in [6.45, 7) is 5.88. The molecular weight excluding hydrogens is 657 g/mol. The number of hydrogen-bond donors (Lipinski definition) is 0. The standard InChI is InChI=1S/C40H35Cl2N3O4/c1-40(2,3)49-39(46)45-17-16-31(47-36-14-12-25(20-32(36)41)29-18-27-8-4-6-10-34(27)43-23-29)22-38(45)48-37-15-13-26(21-33(37)42)30-19-28-9-5-7-11-35(28)44-24-30/h4-15,18-21,23-24,31,38H,16-17,22H2,1-3H3. The van der Waals surface area contributed by atoms with Crippen molar-refractivity contribution in [2.24, 2.45) is 0 Å². The summed E-state index contributed by atoms with van der Waals surface area (Å²) in [5.74, 6) is 1.00. The summed E-state index contributed by atoms with van der Waals surface area (Å²) < 4.78 is 18.6. The third-order valence-electron chi connectivity index (χ3n) is 8.40. The molecule has 49 heavy (non-hydrogen) atoms. The quantitative estimate of drug-likeness (QED) is 0.173. The third kappa shape index (κ3) is 7.43. The van der Waals surface area contributed by atoms with Crippen molar-refractivity contribution in [3.05, 3.63) is 120 Å². The van der Waals surface area contributed by atoms with Crippen LogP contribution in [-0.2, 0) is 4.74 Å². The Kier molecular flexibility index (Phi) is 9.05. The SMILES string of the molecule is CC(C)(C)OC(=O)N1CCC(Oc2ccc(-c3cnc4ccccc4c3)cc2Cl)CC1Oc1ccc(-c2cnc3ccccc3c2)cc1Cl. The molecule has 0 spiro atoms. The summed E-state index contributed by atoms with van der Waals surface area (Å²) >= 11 is 13.6. The number of nitrogens with zero attached hydrogens (tertiary/aromatic N) is 3. The highest BCUT2D eigenvalue weighted by Gasteiger charge is 2.37. The van der Waals surface area contributed by atoms with Gasteiger partial charge in [-0.2, -0.15) is 0 Å². The lowest BCUT2D eigenvalue weighted by Gasteiger charge is -2.39. The molecule has 0 saturated carbocycles. The number of aromatic nitrogens is 2. The Morgan fingerprint density at radius 3 is 1.78 bits per heavy atom. The van der Waals surface area contributed by atoms with Crippen LogP contribution < -0.4 is 9.47 Å². The van der Waals surface area contributed by atoms with Crippen molar-refractivity contribution >= 4 is 51.1 Å². The number of para-hydroxylation sites is 2. The minimum Gasteiger partial charge on any atom is -0.489 e. The highest BCUT2D eigenvalue weighted by Crippen LogP contribution is 2.36. The number of fused-ring (bicyclic) bond motifs is 2. The fourth-order valence-electron chi connectivity index (χ4n) is 5.98. The van der Waals surface area contributed by atoms with Crippen LogP contribution in [0.5, 0.6) is 11.5 Å².